The van der Waals surface area contributed by atoms with Gasteiger partial charge in [-0.3, -0.25) is 14.9 Å². The van der Waals surface area contributed by atoms with Crippen molar-refractivity contribution < 1.29 is 14.1 Å². The van der Waals surface area contributed by atoms with E-state index in [0.29, 0.717) is 54.2 Å². The zero-order chi connectivity index (χ0) is 23.8. The van der Waals surface area contributed by atoms with Crippen LogP contribution in [-0.2, 0) is 0 Å². The van der Waals surface area contributed by atoms with Crippen molar-refractivity contribution >= 4 is 28.3 Å². The van der Waals surface area contributed by atoms with Gasteiger partial charge in [-0.15, -0.1) is 0 Å². The van der Waals surface area contributed by atoms with Crippen molar-refractivity contribution in [2.24, 2.45) is 0 Å². The Bertz CT molecular complexity index is 1340. The molecule has 0 spiro atoms. The monoisotopic (exact) mass is 460 g/mol. The zero-order valence-electron chi connectivity index (χ0n) is 18.9. The summed E-state index contributed by atoms with van der Waals surface area (Å²) < 4.78 is 7.36. The minimum Gasteiger partial charge on any atom is -0.463 e. The number of nitrogens with zero attached hydrogens (tertiary/aromatic N) is 6. The molecule has 10 heteroatoms. The van der Waals surface area contributed by atoms with Gasteiger partial charge in [-0.05, 0) is 44.2 Å². The summed E-state index contributed by atoms with van der Waals surface area (Å²) >= 11 is 0. The third kappa shape index (κ3) is 3.87. The number of benzene rings is 1. The van der Waals surface area contributed by atoms with Crippen LogP contribution >= 0.6 is 0 Å². The quantitative estimate of drug-likeness (QED) is 0.325. The summed E-state index contributed by atoms with van der Waals surface area (Å²) in [4.78, 5) is 32.8. The Morgan fingerprint density at radius 3 is 2.47 bits per heavy atom. The Morgan fingerprint density at radius 1 is 1.12 bits per heavy atom. The molecule has 0 N–H and O–H groups in total. The number of nitro groups is 1. The molecule has 1 fully saturated rings. The van der Waals surface area contributed by atoms with Gasteiger partial charge in [-0.25, -0.2) is 9.67 Å². The molecule has 0 atom stereocenters. The number of nitro benzene ring substituents is 1. The molecule has 5 rings (SSSR count). The summed E-state index contributed by atoms with van der Waals surface area (Å²) in [5, 5.41) is 16.1. The van der Waals surface area contributed by atoms with E-state index in [1.807, 2.05) is 29.5 Å². The van der Waals surface area contributed by atoms with Crippen LogP contribution in [0.25, 0.3) is 22.5 Å². The SMILES string of the molecule is CC(C)n1ncc2c(C(=O)N3CCN(c4ccc([N+](=O)[O-])cc4)CC3)cc(-c3ccco3)nc21. The molecule has 1 aromatic carbocycles. The molecule has 0 aliphatic carbocycles. The highest BCUT2D eigenvalue weighted by Gasteiger charge is 2.26. The van der Waals surface area contributed by atoms with Gasteiger partial charge in [0.2, 0.25) is 0 Å². The van der Waals surface area contributed by atoms with Crippen LogP contribution < -0.4 is 4.90 Å². The highest BCUT2D eigenvalue weighted by atomic mass is 16.6. The molecule has 174 valence electrons. The first-order valence-corrected chi connectivity index (χ1v) is 11.1. The van der Waals surface area contributed by atoms with E-state index < -0.39 is 4.92 Å². The Hall–Kier alpha value is -4.21. The standard InChI is InChI=1S/C24H24N6O4/c1-16(2)29-23-20(15-25-29)19(14-21(26-23)22-4-3-13-34-22)24(31)28-11-9-27(10-12-28)17-5-7-18(8-6-17)30(32)33/h3-8,13-16H,9-12H2,1-2H3. The van der Waals surface area contributed by atoms with Gasteiger partial charge in [0.25, 0.3) is 11.6 Å². The lowest BCUT2D eigenvalue weighted by atomic mass is 10.1. The van der Waals surface area contributed by atoms with Crippen LogP contribution in [0.1, 0.15) is 30.2 Å². The molecular weight excluding hydrogens is 436 g/mol. The van der Waals surface area contributed by atoms with E-state index >= 15 is 0 Å². The number of aromatic nitrogens is 3. The second-order valence-corrected chi connectivity index (χ2v) is 8.51. The summed E-state index contributed by atoms with van der Waals surface area (Å²) in [5.74, 6) is 0.516. The van der Waals surface area contributed by atoms with E-state index in [9.17, 15) is 14.9 Å². The van der Waals surface area contributed by atoms with E-state index in [1.165, 1.54) is 12.1 Å². The Labute approximate surface area is 195 Å². The first kappa shape index (κ1) is 21.6. The highest BCUT2D eigenvalue weighted by molar-refractivity contribution is 6.06. The molecule has 34 heavy (non-hydrogen) atoms. The molecule has 0 saturated carbocycles. The van der Waals surface area contributed by atoms with Gasteiger partial charge in [-0.1, -0.05) is 0 Å². The number of hydrogen-bond acceptors (Lipinski definition) is 7. The number of carbonyl (C=O) groups excluding carboxylic acids is 1. The number of pyridine rings is 1. The van der Waals surface area contributed by atoms with Crippen molar-refractivity contribution in [3.63, 3.8) is 0 Å². The molecule has 1 amide bonds. The highest BCUT2D eigenvalue weighted by Crippen LogP contribution is 2.28. The van der Waals surface area contributed by atoms with Crippen LogP contribution in [0.5, 0.6) is 0 Å². The maximum absolute atomic E-state index is 13.6. The predicted octanol–water partition coefficient (Wildman–Crippen LogP) is 4.14. The fourth-order valence-corrected chi connectivity index (χ4v) is 4.25. The van der Waals surface area contributed by atoms with Gasteiger partial charge in [0.1, 0.15) is 5.69 Å². The van der Waals surface area contributed by atoms with Gasteiger partial charge in [-0.2, -0.15) is 5.10 Å². The number of piperazine rings is 1. The Morgan fingerprint density at radius 2 is 1.85 bits per heavy atom. The van der Waals surface area contributed by atoms with E-state index in [-0.39, 0.29) is 17.6 Å². The maximum Gasteiger partial charge on any atom is 0.269 e. The third-order valence-electron chi connectivity index (χ3n) is 6.05. The Balaban J connectivity index is 1.41. The minimum atomic E-state index is -0.408. The molecule has 0 unspecified atom stereocenters. The summed E-state index contributed by atoms with van der Waals surface area (Å²) in [6.07, 6.45) is 3.29. The van der Waals surface area contributed by atoms with E-state index in [2.05, 4.69) is 10.00 Å². The molecule has 3 aromatic heterocycles. The van der Waals surface area contributed by atoms with Crippen LogP contribution in [0.2, 0.25) is 0 Å². The second kappa shape index (κ2) is 8.62. The smallest absolute Gasteiger partial charge is 0.269 e. The maximum atomic E-state index is 13.6. The molecule has 1 aliphatic heterocycles. The van der Waals surface area contributed by atoms with Crippen LogP contribution in [0, 0.1) is 10.1 Å². The topological polar surface area (TPSA) is 111 Å². The van der Waals surface area contributed by atoms with Crippen LogP contribution in [0.4, 0.5) is 11.4 Å². The molecular formula is C24H24N6O4. The summed E-state index contributed by atoms with van der Waals surface area (Å²) in [7, 11) is 0. The third-order valence-corrected chi connectivity index (χ3v) is 6.05. The largest absolute Gasteiger partial charge is 0.463 e. The molecule has 1 saturated heterocycles. The van der Waals surface area contributed by atoms with Crippen molar-refractivity contribution in [1.82, 2.24) is 19.7 Å². The summed E-state index contributed by atoms with van der Waals surface area (Å²) in [6.45, 7) is 6.38. The van der Waals surface area contributed by atoms with Crippen LogP contribution in [0.3, 0.4) is 0 Å². The van der Waals surface area contributed by atoms with Crippen LogP contribution in [0.15, 0.2) is 59.3 Å². The number of anilines is 1. The van der Waals surface area contributed by atoms with Gasteiger partial charge in [0, 0.05) is 50.0 Å². The molecule has 1 aliphatic rings. The van der Waals surface area contributed by atoms with Gasteiger partial charge in [0.05, 0.1) is 28.3 Å². The first-order valence-electron chi connectivity index (χ1n) is 11.1. The van der Waals surface area contributed by atoms with Gasteiger partial charge >= 0.3 is 0 Å². The van der Waals surface area contributed by atoms with Gasteiger partial charge in [0.15, 0.2) is 11.4 Å². The summed E-state index contributed by atoms with van der Waals surface area (Å²) in [6, 6.07) is 12.0. The summed E-state index contributed by atoms with van der Waals surface area (Å²) in [5.41, 5.74) is 2.76. The van der Waals surface area contributed by atoms with Crippen molar-refractivity contribution in [3.8, 4) is 11.5 Å². The lowest BCUT2D eigenvalue weighted by Crippen LogP contribution is -2.48. The molecule has 0 radical (unpaired) electrons. The van der Waals surface area contributed by atoms with E-state index in [0.717, 1.165) is 5.69 Å². The Kier molecular flexibility index (Phi) is 5.48. The molecule has 4 aromatic rings. The fraction of sp³-hybridized carbons (Fsp3) is 0.292. The van der Waals surface area contributed by atoms with E-state index in [4.69, 9.17) is 9.40 Å². The number of amides is 1. The number of hydrogen-bond donors (Lipinski definition) is 0. The van der Waals surface area contributed by atoms with Crippen molar-refractivity contribution in [2.75, 3.05) is 31.1 Å². The minimum absolute atomic E-state index is 0.0635. The lowest BCUT2D eigenvalue weighted by molar-refractivity contribution is -0.384. The van der Waals surface area contributed by atoms with Crippen molar-refractivity contribution in [1.29, 1.82) is 0 Å². The first-order chi connectivity index (χ1) is 16.4. The van der Waals surface area contributed by atoms with Crippen molar-refractivity contribution in [3.05, 3.63) is 70.6 Å². The van der Waals surface area contributed by atoms with Gasteiger partial charge < -0.3 is 14.2 Å². The second-order valence-electron chi connectivity index (χ2n) is 8.51. The predicted molar refractivity (Wildman–Crippen MR) is 127 cm³/mol. The molecule has 4 heterocycles. The molecule has 0 bridgehead atoms. The fourth-order valence-electron chi connectivity index (χ4n) is 4.25. The number of furan rings is 1. The molecule has 10 nitrogen and oxygen atoms in total. The van der Waals surface area contributed by atoms with Crippen LogP contribution in [-0.4, -0.2) is 56.7 Å². The average Bonchev–Trinajstić information content (AvgIpc) is 3.53. The average molecular weight is 460 g/mol. The normalized spacial score (nSPS) is 14.2. The number of fused-ring (bicyclic) bond motifs is 1. The van der Waals surface area contributed by atoms with E-state index in [1.54, 1.807) is 36.7 Å². The van der Waals surface area contributed by atoms with Crippen molar-refractivity contribution in [2.45, 2.75) is 19.9 Å². The lowest BCUT2D eigenvalue weighted by Gasteiger charge is -2.36. The number of rotatable bonds is 5. The number of non-ortho nitro benzene ring substituents is 1. The number of carbonyl (C=O) groups is 1. The zero-order valence-corrected chi connectivity index (χ0v) is 18.9.